The van der Waals surface area contributed by atoms with Gasteiger partial charge in [-0.3, -0.25) is 9.78 Å². The summed E-state index contributed by atoms with van der Waals surface area (Å²) in [6.45, 7) is 5.97. The van der Waals surface area contributed by atoms with E-state index in [1.807, 2.05) is 78.6 Å². The number of amides is 1. The van der Waals surface area contributed by atoms with Gasteiger partial charge in [-0.25, -0.2) is 0 Å². The maximum atomic E-state index is 14.1. The monoisotopic (exact) mass is 496 g/mol. The van der Waals surface area contributed by atoms with E-state index in [9.17, 15) is 4.79 Å². The molecule has 2 heterocycles. The fourth-order valence-electron chi connectivity index (χ4n) is 4.89. The molecule has 6 heteroatoms. The second kappa shape index (κ2) is 9.97. The predicted molar refractivity (Wildman–Crippen MR) is 139 cm³/mol. The van der Waals surface area contributed by atoms with Crippen LogP contribution < -0.4 is 0 Å². The van der Waals surface area contributed by atoms with Crippen molar-refractivity contribution in [3.05, 3.63) is 112 Å². The Balaban J connectivity index is 1.92. The molecule has 3 aromatic rings. The van der Waals surface area contributed by atoms with E-state index in [1.165, 1.54) is 0 Å². The smallest absolute Gasteiger partial charge is 0.230 e. The number of rotatable bonds is 6. The summed E-state index contributed by atoms with van der Waals surface area (Å²) in [5, 5.41) is 1.35. The van der Waals surface area contributed by atoms with Crippen molar-refractivity contribution in [1.29, 1.82) is 0 Å². The molecule has 0 radical (unpaired) electrons. The number of allylic oxidation sites excluding steroid dienone is 1. The number of hydrogen-bond acceptors (Lipinski definition) is 2. The number of hydrogen-bond donors (Lipinski definition) is 0. The van der Waals surface area contributed by atoms with Gasteiger partial charge >= 0.3 is 0 Å². The van der Waals surface area contributed by atoms with Gasteiger partial charge in [0.15, 0.2) is 0 Å². The van der Waals surface area contributed by atoms with Crippen LogP contribution in [0.25, 0.3) is 0 Å². The number of carbonyl (C=O) groups is 1. The number of nitrogens with zero attached hydrogens (tertiary/aromatic N) is 2. The third-order valence-electron chi connectivity index (χ3n) is 6.48. The molecule has 5 atom stereocenters. The summed E-state index contributed by atoms with van der Waals surface area (Å²) in [5.74, 6) is -0.184. The molecular weight excluding hydrogens is 470 g/mol. The third-order valence-corrected chi connectivity index (χ3v) is 7.63. The van der Waals surface area contributed by atoms with E-state index in [2.05, 4.69) is 26.9 Å². The largest absolute Gasteiger partial charge is 0.323 e. The quantitative estimate of drug-likeness (QED) is 0.260. The van der Waals surface area contributed by atoms with Gasteiger partial charge in [0, 0.05) is 22.2 Å². The number of piperidine rings is 1. The van der Waals surface area contributed by atoms with E-state index in [0.29, 0.717) is 22.9 Å². The van der Waals surface area contributed by atoms with Crippen molar-refractivity contribution in [3.8, 4) is 0 Å². The molecule has 1 amide bonds. The molecule has 0 spiro atoms. The lowest BCUT2D eigenvalue weighted by atomic mass is 9.67. The van der Waals surface area contributed by atoms with Crippen LogP contribution >= 0.6 is 32.4 Å². The van der Waals surface area contributed by atoms with E-state index in [-0.39, 0.29) is 23.6 Å². The van der Waals surface area contributed by atoms with Gasteiger partial charge in [0.25, 0.3) is 0 Å². The van der Waals surface area contributed by atoms with Crippen molar-refractivity contribution in [3.63, 3.8) is 0 Å². The first kappa shape index (κ1) is 24.0. The second-order valence-electron chi connectivity index (χ2n) is 8.83. The molecule has 4 rings (SSSR count). The van der Waals surface area contributed by atoms with Crippen molar-refractivity contribution in [2.75, 3.05) is 0 Å². The lowest BCUT2D eigenvalue weighted by molar-refractivity contribution is -0.152. The van der Waals surface area contributed by atoms with Crippen LogP contribution in [0, 0.1) is 5.41 Å². The van der Waals surface area contributed by atoms with E-state index < -0.39 is 5.41 Å². The minimum atomic E-state index is -0.596. The summed E-state index contributed by atoms with van der Waals surface area (Å²) in [4.78, 5) is 20.7. The lowest BCUT2D eigenvalue weighted by Crippen LogP contribution is -2.52. The first-order valence-corrected chi connectivity index (χ1v) is 12.4. The summed E-state index contributed by atoms with van der Waals surface area (Å²) in [6, 6.07) is 21.3. The lowest BCUT2D eigenvalue weighted by Gasteiger charge is -2.51. The van der Waals surface area contributed by atoms with Crippen molar-refractivity contribution >= 4 is 38.3 Å². The molecule has 1 saturated heterocycles. The fraction of sp³-hybridized carbons (Fsp3) is 0.259. The van der Waals surface area contributed by atoms with Crippen molar-refractivity contribution in [1.82, 2.24) is 9.88 Å². The Labute approximate surface area is 208 Å². The first-order valence-electron chi connectivity index (χ1n) is 10.9. The highest BCUT2D eigenvalue weighted by atomic mass is 35.5. The molecule has 0 N–H and O–H groups in total. The standard InChI is InChI=1S/C27H27Cl2N2OP/c1-3-14-27(2)17-22(19-7-6-8-21(29)16-19)24(18-10-12-20(28)13-11-18)31(26(27)32)25(33)23-9-4-5-15-30-23/h3-13,15-16,22,24-25H,1,14,17,33H2,2H3/t22-,24-,25-,27+/m1/s1. The highest BCUT2D eigenvalue weighted by Crippen LogP contribution is 2.54. The number of benzene rings is 2. The Morgan fingerprint density at radius 1 is 1.12 bits per heavy atom. The van der Waals surface area contributed by atoms with E-state index in [1.54, 1.807) is 6.20 Å². The average Bonchev–Trinajstić information content (AvgIpc) is 2.81. The molecule has 3 nitrogen and oxygen atoms in total. The van der Waals surface area contributed by atoms with Gasteiger partial charge < -0.3 is 4.90 Å². The van der Waals surface area contributed by atoms with Gasteiger partial charge in [-0.1, -0.05) is 66.5 Å². The fourth-order valence-corrected chi connectivity index (χ4v) is 5.73. The Morgan fingerprint density at radius 3 is 2.52 bits per heavy atom. The maximum absolute atomic E-state index is 14.1. The van der Waals surface area contributed by atoms with Crippen LogP contribution in [-0.2, 0) is 4.79 Å². The van der Waals surface area contributed by atoms with Crippen LogP contribution in [0.2, 0.25) is 10.0 Å². The molecule has 0 bridgehead atoms. The summed E-state index contributed by atoms with van der Waals surface area (Å²) in [7, 11) is 2.84. The topological polar surface area (TPSA) is 33.2 Å². The molecule has 0 aliphatic carbocycles. The highest BCUT2D eigenvalue weighted by molar-refractivity contribution is 7.17. The zero-order chi connectivity index (χ0) is 23.6. The molecule has 1 unspecified atom stereocenters. The summed E-state index contributed by atoms with van der Waals surface area (Å²) in [6.07, 6.45) is 4.87. The van der Waals surface area contributed by atoms with Gasteiger partial charge in [0.2, 0.25) is 5.91 Å². The highest BCUT2D eigenvalue weighted by Gasteiger charge is 2.50. The Bertz CT molecular complexity index is 1140. The predicted octanol–water partition coefficient (Wildman–Crippen LogP) is 7.60. The minimum Gasteiger partial charge on any atom is -0.323 e. The number of aromatic nitrogens is 1. The molecule has 1 fully saturated rings. The van der Waals surface area contributed by atoms with Crippen LogP contribution in [0.1, 0.15) is 54.3 Å². The Morgan fingerprint density at radius 2 is 1.88 bits per heavy atom. The van der Waals surface area contributed by atoms with E-state index in [4.69, 9.17) is 23.2 Å². The number of pyridine rings is 1. The molecule has 2 aromatic carbocycles. The van der Waals surface area contributed by atoms with Gasteiger partial charge in [0.1, 0.15) is 0 Å². The summed E-state index contributed by atoms with van der Waals surface area (Å²) in [5.41, 5.74) is 2.36. The number of likely N-dealkylation sites (tertiary alicyclic amines) is 1. The molecule has 1 aliphatic rings. The van der Waals surface area contributed by atoms with Crippen LogP contribution in [-0.4, -0.2) is 15.8 Å². The normalized spacial score (nSPS) is 23.9. The van der Waals surface area contributed by atoms with Crippen molar-refractivity contribution in [2.45, 2.75) is 37.5 Å². The molecule has 1 aromatic heterocycles. The SMILES string of the molecule is C=CC[C@@]1(C)C[C@H](c2cccc(Cl)c2)[C@@H](c2ccc(Cl)cc2)N([C@H](P)c2ccccn2)C1=O. The van der Waals surface area contributed by atoms with Crippen LogP contribution in [0.15, 0.2) is 85.6 Å². The number of halogens is 2. The molecule has 170 valence electrons. The van der Waals surface area contributed by atoms with Crippen LogP contribution in [0.5, 0.6) is 0 Å². The zero-order valence-corrected chi connectivity index (χ0v) is 21.2. The first-order chi connectivity index (χ1) is 15.8. The average molecular weight is 497 g/mol. The molecule has 1 aliphatic heterocycles. The molecular formula is C27H27Cl2N2OP. The van der Waals surface area contributed by atoms with Crippen molar-refractivity contribution < 1.29 is 4.79 Å². The molecule has 33 heavy (non-hydrogen) atoms. The van der Waals surface area contributed by atoms with Crippen LogP contribution in [0.4, 0.5) is 0 Å². The van der Waals surface area contributed by atoms with Gasteiger partial charge in [-0.2, -0.15) is 0 Å². The van der Waals surface area contributed by atoms with Gasteiger partial charge in [-0.15, -0.1) is 15.8 Å². The third kappa shape index (κ3) is 4.87. The second-order valence-corrected chi connectivity index (χ2v) is 10.3. The number of carbonyl (C=O) groups excluding carboxylic acids is 1. The van der Waals surface area contributed by atoms with Gasteiger partial charge in [-0.05, 0) is 60.4 Å². The van der Waals surface area contributed by atoms with Crippen LogP contribution in [0.3, 0.4) is 0 Å². The Hall–Kier alpha value is -2.19. The summed E-state index contributed by atoms with van der Waals surface area (Å²) < 4.78 is 0. The maximum Gasteiger partial charge on any atom is 0.230 e. The van der Waals surface area contributed by atoms with E-state index >= 15 is 0 Å². The zero-order valence-electron chi connectivity index (χ0n) is 18.5. The molecule has 0 saturated carbocycles. The van der Waals surface area contributed by atoms with E-state index in [0.717, 1.165) is 16.8 Å². The van der Waals surface area contributed by atoms with Crippen molar-refractivity contribution in [2.24, 2.45) is 5.41 Å². The minimum absolute atomic E-state index is 0.0271. The Kier molecular flexibility index (Phi) is 7.24. The van der Waals surface area contributed by atoms with Gasteiger partial charge in [0.05, 0.1) is 22.9 Å². The summed E-state index contributed by atoms with van der Waals surface area (Å²) >= 11 is 12.6.